The molecule has 14 nitrogen and oxygen atoms in total. The monoisotopic (exact) mass is 789 g/mol. The highest BCUT2D eigenvalue weighted by atomic mass is 16.7. The molecule has 302 valence electrons. The molecule has 0 bridgehead atoms. The molecule has 0 amide bonds. The van der Waals surface area contributed by atoms with E-state index in [0.29, 0.717) is 24.4 Å². The fourth-order valence-electron chi connectivity index (χ4n) is 7.24. The molecule has 2 aromatic heterocycles. The number of imidazole rings is 1. The van der Waals surface area contributed by atoms with E-state index >= 15 is 0 Å². The van der Waals surface area contributed by atoms with E-state index < -0.39 is 55.2 Å². The molecule has 2 aliphatic heterocycles. The second-order valence-corrected chi connectivity index (χ2v) is 14.3. The molecule has 0 aliphatic carbocycles. The van der Waals surface area contributed by atoms with Gasteiger partial charge in [-0.2, -0.15) is 0 Å². The number of nitrogens with zero attached hydrogens (tertiary/aromatic N) is 4. The summed E-state index contributed by atoms with van der Waals surface area (Å²) < 4.78 is 47.0. The van der Waals surface area contributed by atoms with Gasteiger partial charge in [-0.05, 0) is 22.3 Å². The van der Waals surface area contributed by atoms with E-state index in [1.807, 2.05) is 121 Å². The van der Waals surface area contributed by atoms with Gasteiger partial charge >= 0.3 is 0 Å². The summed E-state index contributed by atoms with van der Waals surface area (Å²) in [5.41, 5.74) is 10.6. The lowest BCUT2D eigenvalue weighted by atomic mass is 9.98. The average Bonchev–Trinajstić information content (AvgIpc) is 3.83. The lowest BCUT2D eigenvalue weighted by Gasteiger charge is -2.45. The fourth-order valence-corrected chi connectivity index (χ4v) is 7.24. The zero-order valence-corrected chi connectivity index (χ0v) is 31.8. The van der Waals surface area contributed by atoms with Gasteiger partial charge in [-0.25, -0.2) is 15.0 Å². The molecule has 0 spiro atoms. The molecule has 14 heteroatoms. The van der Waals surface area contributed by atoms with Crippen LogP contribution in [0, 0.1) is 0 Å². The largest absolute Gasteiger partial charge is 0.387 e. The van der Waals surface area contributed by atoms with Crippen molar-refractivity contribution in [3.05, 3.63) is 156 Å². The molecule has 6 aromatic rings. The number of fused-ring (bicyclic) bond motifs is 1. The molecular weight excluding hydrogens is 743 g/mol. The summed E-state index contributed by atoms with van der Waals surface area (Å²) in [6.45, 7) is 1.03. The maximum Gasteiger partial charge on any atom is 0.187 e. The zero-order valence-electron chi connectivity index (χ0n) is 31.8. The Bertz CT molecular complexity index is 2150. The van der Waals surface area contributed by atoms with Gasteiger partial charge in [-0.3, -0.25) is 4.57 Å². The van der Waals surface area contributed by atoms with Crippen molar-refractivity contribution in [2.45, 2.75) is 81.7 Å². The Kier molecular flexibility index (Phi) is 13.1. The first-order chi connectivity index (χ1) is 28.5. The molecule has 58 heavy (non-hydrogen) atoms. The van der Waals surface area contributed by atoms with Crippen LogP contribution in [0.25, 0.3) is 11.2 Å². The van der Waals surface area contributed by atoms with Crippen molar-refractivity contribution < 1.29 is 43.4 Å². The van der Waals surface area contributed by atoms with Gasteiger partial charge < -0.3 is 49.1 Å². The van der Waals surface area contributed by atoms with E-state index in [-0.39, 0.29) is 32.2 Å². The van der Waals surface area contributed by atoms with Crippen molar-refractivity contribution in [2.75, 3.05) is 18.9 Å². The van der Waals surface area contributed by atoms with Crippen molar-refractivity contribution >= 4 is 17.0 Å². The minimum Gasteiger partial charge on any atom is -0.387 e. The molecule has 8 rings (SSSR count). The number of hydrogen-bond acceptors (Lipinski definition) is 13. The number of nitrogen functional groups attached to an aromatic ring is 1. The third kappa shape index (κ3) is 9.42. The molecule has 4 heterocycles. The van der Waals surface area contributed by atoms with Crippen molar-refractivity contribution in [2.24, 2.45) is 0 Å². The quantitative estimate of drug-likeness (QED) is 0.116. The number of anilines is 1. The smallest absolute Gasteiger partial charge is 0.187 e. The van der Waals surface area contributed by atoms with Crippen LogP contribution in [-0.4, -0.2) is 92.0 Å². The summed E-state index contributed by atoms with van der Waals surface area (Å²) in [4.78, 5) is 12.8. The summed E-state index contributed by atoms with van der Waals surface area (Å²) in [6, 6.07) is 38.8. The summed E-state index contributed by atoms with van der Waals surface area (Å²) in [7, 11) is 0. The van der Waals surface area contributed by atoms with Crippen LogP contribution in [0.2, 0.25) is 0 Å². The van der Waals surface area contributed by atoms with Crippen molar-refractivity contribution in [3.8, 4) is 0 Å². The van der Waals surface area contributed by atoms with E-state index in [1.165, 1.54) is 12.7 Å². The Hall–Kier alpha value is -5.13. The Balaban J connectivity index is 1.10. The zero-order chi connectivity index (χ0) is 39.7. The minimum absolute atomic E-state index is 0.0185. The number of ether oxygens (including phenoxy) is 7. The Labute approximate surface area is 336 Å². The first-order valence-corrected chi connectivity index (χ1v) is 19.3. The number of nitrogens with two attached hydrogens (primary N) is 1. The Morgan fingerprint density at radius 3 is 1.66 bits per heavy atom. The van der Waals surface area contributed by atoms with E-state index in [9.17, 15) is 10.2 Å². The van der Waals surface area contributed by atoms with E-state index in [4.69, 9.17) is 38.9 Å². The maximum absolute atomic E-state index is 12.1. The predicted octanol–water partition coefficient (Wildman–Crippen LogP) is 4.74. The number of rotatable bonds is 17. The molecule has 0 saturated carbocycles. The summed E-state index contributed by atoms with van der Waals surface area (Å²) in [5, 5.41) is 24.1. The van der Waals surface area contributed by atoms with Gasteiger partial charge in [0.2, 0.25) is 0 Å². The van der Waals surface area contributed by atoms with Crippen LogP contribution in [0.15, 0.2) is 134 Å². The van der Waals surface area contributed by atoms with Gasteiger partial charge in [0, 0.05) is 0 Å². The molecule has 2 saturated heterocycles. The van der Waals surface area contributed by atoms with Crippen LogP contribution in [0.3, 0.4) is 0 Å². The van der Waals surface area contributed by atoms with E-state index in [2.05, 4.69) is 15.0 Å². The SMILES string of the molecule is Nc1ncnc2c1ncn2[C@@H]1O[C@H](COCc2ccccc2)[C@@H](O[C@H]2O[C@H](COCc3ccccc3)[C@@H](O)[C@H](OCc3ccccc3)[C@H]2OCc2ccccc2)[C@H]1O. The third-order valence-electron chi connectivity index (χ3n) is 10.2. The highest BCUT2D eigenvalue weighted by molar-refractivity contribution is 5.81. The van der Waals surface area contributed by atoms with E-state index in [0.717, 1.165) is 22.3 Å². The standard InChI is InChI=1S/C44H47N5O9/c45-41-35-42(47-27-46-41)49(28-48-35)43-37(51)38(34(56-43)26-53-22-30-15-7-2-8-16-30)58-44-40(55-24-32-19-11-4-12-20-32)39(54-23-31-17-9-3-10-18-31)36(50)33(57-44)25-52-21-29-13-5-1-6-14-29/h1-20,27-28,33-34,36-40,43-44,50-51H,21-26H2,(H2,45,46,47)/t33-,34-,36-,37-,38-,39+,40-,43-,44-/m1/s1. The van der Waals surface area contributed by atoms with Gasteiger partial charge in [0.15, 0.2) is 24.0 Å². The molecule has 2 aliphatic rings. The lowest BCUT2D eigenvalue weighted by molar-refractivity contribution is -0.335. The highest BCUT2D eigenvalue weighted by Gasteiger charge is 2.53. The van der Waals surface area contributed by atoms with Crippen molar-refractivity contribution in [1.29, 1.82) is 0 Å². The van der Waals surface area contributed by atoms with Gasteiger partial charge in [0.05, 0.1) is 46.0 Å². The van der Waals surface area contributed by atoms with Crippen LogP contribution >= 0.6 is 0 Å². The third-order valence-corrected chi connectivity index (χ3v) is 10.2. The van der Waals surface area contributed by atoms with Gasteiger partial charge in [0.25, 0.3) is 0 Å². The predicted molar refractivity (Wildman–Crippen MR) is 211 cm³/mol. The Morgan fingerprint density at radius 2 is 1.09 bits per heavy atom. The number of aliphatic hydroxyl groups excluding tert-OH is 2. The number of aliphatic hydroxyl groups is 2. The molecule has 0 radical (unpaired) electrons. The van der Waals surface area contributed by atoms with Gasteiger partial charge in [-0.15, -0.1) is 0 Å². The first kappa shape index (κ1) is 39.7. The fraction of sp³-hybridized carbons (Fsp3) is 0.341. The van der Waals surface area contributed by atoms with E-state index in [1.54, 1.807) is 4.57 Å². The van der Waals surface area contributed by atoms with Crippen LogP contribution < -0.4 is 5.73 Å². The van der Waals surface area contributed by atoms with Gasteiger partial charge in [-0.1, -0.05) is 121 Å². The Morgan fingerprint density at radius 1 is 0.569 bits per heavy atom. The summed E-state index contributed by atoms with van der Waals surface area (Å²) in [5.74, 6) is 0.196. The molecular formula is C44H47N5O9. The second kappa shape index (κ2) is 19.1. The minimum atomic E-state index is -1.28. The van der Waals surface area contributed by atoms with Crippen molar-refractivity contribution in [3.63, 3.8) is 0 Å². The molecule has 4 aromatic carbocycles. The normalized spacial score (nSPS) is 25.9. The number of aromatic nitrogens is 4. The summed E-state index contributed by atoms with van der Waals surface area (Å²) in [6.07, 6.45) is -6.42. The van der Waals surface area contributed by atoms with Crippen molar-refractivity contribution in [1.82, 2.24) is 19.5 Å². The van der Waals surface area contributed by atoms with Crippen LogP contribution in [0.1, 0.15) is 28.5 Å². The first-order valence-electron chi connectivity index (χ1n) is 19.3. The lowest BCUT2D eigenvalue weighted by Crippen LogP contribution is -2.62. The van der Waals surface area contributed by atoms with Crippen LogP contribution in [-0.2, 0) is 59.6 Å². The van der Waals surface area contributed by atoms with Crippen LogP contribution in [0.5, 0.6) is 0 Å². The molecule has 2 fully saturated rings. The number of hydrogen-bond donors (Lipinski definition) is 3. The van der Waals surface area contributed by atoms with Crippen LogP contribution in [0.4, 0.5) is 5.82 Å². The maximum atomic E-state index is 12.1. The average molecular weight is 790 g/mol. The highest BCUT2D eigenvalue weighted by Crippen LogP contribution is 2.37. The molecule has 9 atom stereocenters. The van der Waals surface area contributed by atoms with Gasteiger partial charge in [0.1, 0.15) is 54.6 Å². The topological polar surface area (TPSA) is 175 Å². The second-order valence-electron chi connectivity index (χ2n) is 14.3. The number of benzene rings is 4. The molecule has 0 unspecified atom stereocenters. The summed E-state index contributed by atoms with van der Waals surface area (Å²) >= 11 is 0. The molecule has 4 N–H and O–H groups in total.